The Morgan fingerprint density at radius 3 is 2.67 bits per heavy atom. The summed E-state index contributed by atoms with van der Waals surface area (Å²) in [5.74, 6) is 0.512. The molecule has 12 heavy (non-hydrogen) atoms. The van der Waals surface area contributed by atoms with Crippen molar-refractivity contribution in [2.45, 2.75) is 26.2 Å². The Bertz CT molecular complexity index is 258. The van der Waals surface area contributed by atoms with Gasteiger partial charge in [0.25, 0.3) is 0 Å². The van der Waals surface area contributed by atoms with Gasteiger partial charge in [-0.25, -0.2) is 4.98 Å². The van der Waals surface area contributed by atoms with Gasteiger partial charge in [-0.15, -0.1) is 11.3 Å². The molecule has 0 saturated heterocycles. The lowest BCUT2D eigenvalue weighted by molar-refractivity contribution is 0.830. The van der Waals surface area contributed by atoms with Crippen molar-refractivity contribution in [1.82, 2.24) is 4.98 Å². The Morgan fingerprint density at radius 1 is 1.58 bits per heavy atom. The molecule has 0 aromatic carbocycles. The molecule has 1 heterocycles. The summed E-state index contributed by atoms with van der Waals surface area (Å²) in [6, 6.07) is 0. The van der Waals surface area contributed by atoms with Crippen LogP contribution in [0.2, 0.25) is 0 Å². The lowest BCUT2D eigenvalue weighted by Crippen LogP contribution is -2.03. The molecule has 2 nitrogen and oxygen atoms in total. The van der Waals surface area contributed by atoms with Crippen LogP contribution >= 0.6 is 27.3 Å². The fourth-order valence-electron chi connectivity index (χ4n) is 0.888. The zero-order valence-electron chi connectivity index (χ0n) is 7.30. The number of hydrogen-bond donors (Lipinski definition) is 1. The van der Waals surface area contributed by atoms with Crippen molar-refractivity contribution in [2.24, 2.45) is 5.73 Å². The third-order valence-corrected chi connectivity index (χ3v) is 3.67. The van der Waals surface area contributed by atoms with Crippen LogP contribution < -0.4 is 5.73 Å². The molecule has 0 radical (unpaired) electrons. The predicted molar refractivity (Wildman–Crippen MR) is 56.7 cm³/mol. The van der Waals surface area contributed by atoms with Crippen molar-refractivity contribution >= 4 is 27.3 Å². The monoisotopic (exact) mass is 248 g/mol. The van der Waals surface area contributed by atoms with Gasteiger partial charge in [-0.3, -0.25) is 0 Å². The summed E-state index contributed by atoms with van der Waals surface area (Å²) in [5.41, 5.74) is 6.56. The highest BCUT2D eigenvalue weighted by molar-refractivity contribution is 9.11. The minimum Gasteiger partial charge on any atom is -0.330 e. The van der Waals surface area contributed by atoms with Gasteiger partial charge in [0.1, 0.15) is 0 Å². The summed E-state index contributed by atoms with van der Waals surface area (Å²) in [5, 5.41) is 1.19. The Morgan fingerprint density at radius 2 is 2.25 bits per heavy atom. The van der Waals surface area contributed by atoms with Gasteiger partial charge >= 0.3 is 0 Å². The molecule has 2 N–H and O–H groups in total. The topological polar surface area (TPSA) is 38.9 Å². The van der Waals surface area contributed by atoms with Crippen molar-refractivity contribution in [2.75, 3.05) is 6.54 Å². The molecule has 0 unspecified atom stereocenters. The number of thiazole rings is 1. The molecule has 1 aromatic rings. The van der Waals surface area contributed by atoms with Crippen LogP contribution in [-0.4, -0.2) is 11.5 Å². The predicted octanol–water partition coefficient (Wildman–Crippen LogP) is 2.53. The second-order valence-corrected chi connectivity index (χ2v) is 5.31. The molecular formula is C8H13BrN2S. The minimum absolute atomic E-state index is 0.512. The highest BCUT2D eigenvalue weighted by Gasteiger charge is 2.10. The molecule has 4 heteroatoms. The van der Waals surface area contributed by atoms with E-state index < -0.39 is 0 Å². The van der Waals surface area contributed by atoms with Gasteiger partial charge in [0.05, 0.1) is 14.5 Å². The average Bonchev–Trinajstić information content (AvgIpc) is 2.34. The number of nitrogens with zero attached hydrogens (tertiary/aromatic N) is 1. The first kappa shape index (κ1) is 10.2. The summed E-state index contributed by atoms with van der Waals surface area (Å²) < 4.78 is 1.14. The molecule has 1 rings (SSSR count). The minimum atomic E-state index is 0.512. The lowest BCUT2D eigenvalue weighted by Gasteiger charge is -1.95. The Kier molecular flexibility index (Phi) is 3.68. The maximum absolute atomic E-state index is 5.46. The second kappa shape index (κ2) is 4.35. The number of rotatable bonds is 3. The molecule has 0 aliphatic heterocycles. The van der Waals surface area contributed by atoms with Crippen molar-refractivity contribution in [1.29, 1.82) is 0 Å². The first-order valence-electron chi connectivity index (χ1n) is 4.00. The average molecular weight is 249 g/mol. The lowest BCUT2D eigenvalue weighted by atomic mass is 10.2. The Hall–Kier alpha value is 0.0700. The summed E-state index contributed by atoms with van der Waals surface area (Å²) in [6.07, 6.45) is 0.865. The van der Waals surface area contributed by atoms with E-state index in [1.807, 2.05) is 0 Å². The van der Waals surface area contributed by atoms with E-state index in [0.717, 1.165) is 15.9 Å². The van der Waals surface area contributed by atoms with E-state index in [9.17, 15) is 0 Å². The van der Waals surface area contributed by atoms with E-state index in [-0.39, 0.29) is 0 Å². The highest BCUT2D eigenvalue weighted by Crippen LogP contribution is 2.29. The van der Waals surface area contributed by atoms with Crippen molar-refractivity contribution < 1.29 is 0 Å². The summed E-state index contributed by atoms with van der Waals surface area (Å²) in [6.45, 7) is 4.97. The van der Waals surface area contributed by atoms with E-state index in [2.05, 4.69) is 34.8 Å². The van der Waals surface area contributed by atoms with Crippen LogP contribution in [0, 0.1) is 0 Å². The van der Waals surface area contributed by atoms with Crippen LogP contribution in [0.3, 0.4) is 0 Å². The largest absolute Gasteiger partial charge is 0.330 e. The summed E-state index contributed by atoms with van der Waals surface area (Å²) >= 11 is 5.20. The standard InChI is InChI=1S/C8H13BrN2S/c1-5(2)8-11-6(3-4-10)7(9)12-8/h5H,3-4,10H2,1-2H3. The fraction of sp³-hybridized carbons (Fsp3) is 0.625. The zero-order chi connectivity index (χ0) is 9.14. The van der Waals surface area contributed by atoms with Crippen molar-refractivity contribution in [3.8, 4) is 0 Å². The SMILES string of the molecule is CC(C)c1nc(CCN)c(Br)s1. The van der Waals surface area contributed by atoms with Crippen LogP contribution in [0.25, 0.3) is 0 Å². The first-order valence-corrected chi connectivity index (χ1v) is 5.61. The smallest absolute Gasteiger partial charge is 0.0965 e. The van der Waals surface area contributed by atoms with Crippen LogP contribution in [0.15, 0.2) is 3.79 Å². The fourth-order valence-corrected chi connectivity index (χ4v) is 2.51. The Labute approximate surface area is 85.3 Å². The molecule has 0 bridgehead atoms. The van der Waals surface area contributed by atoms with E-state index in [0.29, 0.717) is 12.5 Å². The zero-order valence-corrected chi connectivity index (χ0v) is 9.70. The van der Waals surface area contributed by atoms with Crippen LogP contribution in [0.4, 0.5) is 0 Å². The Balaban J connectivity index is 2.85. The van der Waals surface area contributed by atoms with E-state index in [4.69, 9.17) is 5.73 Å². The van der Waals surface area contributed by atoms with Crippen LogP contribution in [0.5, 0.6) is 0 Å². The molecule has 0 aliphatic carbocycles. The molecule has 0 atom stereocenters. The molecular weight excluding hydrogens is 236 g/mol. The molecule has 0 fully saturated rings. The van der Waals surface area contributed by atoms with Crippen molar-refractivity contribution in [3.05, 3.63) is 14.5 Å². The summed E-state index contributed by atoms with van der Waals surface area (Å²) in [4.78, 5) is 4.49. The molecule has 0 spiro atoms. The van der Waals surface area contributed by atoms with Gasteiger partial charge in [0.2, 0.25) is 0 Å². The first-order chi connectivity index (χ1) is 5.65. The number of nitrogens with two attached hydrogens (primary N) is 1. The maximum Gasteiger partial charge on any atom is 0.0965 e. The maximum atomic E-state index is 5.46. The number of hydrogen-bond acceptors (Lipinski definition) is 3. The number of aromatic nitrogens is 1. The van der Waals surface area contributed by atoms with Gasteiger partial charge in [-0.05, 0) is 22.5 Å². The van der Waals surface area contributed by atoms with Gasteiger partial charge in [0, 0.05) is 12.3 Å². The quantitative estimate of drug-likeness (QED) is 0.894. The van der Waals surface area contributed by atoms with E-state index >= 15 is 0 Å². The van der Waals surface area contributed by atoms with Crippen molar-refractivity contribution in [3.63, 3.8) is 0 Å². The molecule has 0 amide bonds. The molecule has 0 saturated carbocycles. The number of halogens is 1. The molecule has 68 valence electrons. The van der Waals surface area contributed by atoms with Gasteiger partial charge in [0.15, 0.2) is 0 Å². The van der Waals surface area contributed by atoms with E-state index in [1.54, 1.807) is 11.3 Å². The van der Waals surface area contributed by atoms with Crippen LogP contribution in [-0.2, 0) is 6.42 Å². The molecule has 0 aliphatic rings. The normalized spacial score (nSPS) is 11.1. The molecule has 1 aromatic heterocycles. The second-order valence-electron chi connectivity index (χ2n) is 2.97. The van der Waals surface area contributed by atoms with Gasteiger partial charge in [-0.2, -0.15) is 0 Å². The highest BCUT2D eigenvalue weighted by atomic mass is 79.9. The third-order valence-electron chi connectivity index (χ3n) is 1.54. The van der Waals surface area contributed by atoms with E-state index in [1.165, 1.54) is 5.01 Å². The summed E-state index contributed by atoms with van der Waals surface area (Å²) in [7, 11) is 0. The van der Waals surface area contributed by atoms with Crippen LogP contribution in [0.1, 0.15) is 30.5 Å². The third kappa shape index (κ3) is 2.28. The van der Waals surface area contributed by atoms with Gasteiger partial charge < -0.3 is 5.73 Å². The van der Waals surface area contributed by atoms with Gasteiger partial charge in [-0.1, -0.05) is 13.8 Å².